The van der Waals surface area contributed by atoms with E-state index in [4.69, 9.17) is 11.6 Å². The number of sulfonamides is 1. The van der Waals surface area contributed by atoms with Crippen LogP contribution < -0.4 is 15.4 Å². The van der Waals surface area contributed by atoms with Gasteiger partial charge in [0.1, 0.15) is 6.04 Å². The van der Waals surface area contributed by atoms with E-state index in [-0.39, 0.29) is 28.3 Å². The van der Waals surface area contributed by atoms with Gasteiger partial charge in [-0.05, 0) is 48.4 Å². The highest BCUT2D eigenvalue weighted by Crippen LogP contribution is 2.21. The maximum atomic E-state index is 12.5. The zero-order valence-corrected chi connectivity index (χ0v) is 17.3. The molecule has 0 aliphatic carbocycles. The van der Waals surface area contributed by atoms with Crippen molar-refractivity contribution in [3.63, 3.8) is 0 Å². The molecule has 0 radical (unpaired) electrons. The van der Waals surface area contributed by atoms with Gasteiger partial charge in [0.25, 0.3) is 10.0 Å². The molecule has 150 valence electrons. The highest BCUT2D eigenvalue weighted by molar-refractivity contribution is 7.92. The lowest BCUT2D eigenvalue weighted by Gasteiger charge is -2.21. The van der Waals surface area contributed by atoms with E-state index in [2.05, 4.69) is 15.4 Å². The van der Waals surface area contributed by atoms with Crippen molar-refractivity contribution in [2.45, 2.75) is 31.7 Å². The molecule has 0 heterocycles. The number of rotatable bonds is 7. The summed E-state index contributed by atoms with van der Waals surface area (Å²) in [7, 11) is -3.80. The van der Waals surface area contributed by atoms with E-state index in [1.807, 2.05) is 13.8 Å². The Morgan fingerprint density at radius 2 is 1.61 bits per heavy atom. The zero-order chi connectivity index (χ0) is 20.9. The van der Waals surface area contributed by atoms with Crippen LogP contribution in [-0.4, -0.2) is 26.3 Å². The molecule has 0 aliphatic heterocycles. The summed E-state index contributed by atoms with van der Waals surface area (Å²) in [5.74, 6) is -0.809. The number of hydrogen-bond donors (Lipinski definition) is 3. The third-order valence-electron chi connectivity index (χ3n) is 3.81. The van der Waals surface area contributed by atoms with Gasteiger partial charge in [-0.1, -0.05) is 31.5 Å². The van der Waals surface area contributed by atoms with Gasteiger partial charge in [0.15, 0.2) is 0 Å². The van der Waals surface area contributed by atoms with Crippen LogP contribution in [0, 0.1) is 5.92 Å². The van der Waals surface area contributed by atoms with Gasteiger partial charge in [0, 0.05) is 17.6 Å². The summed E-state index contributed by atoms with van der Waals surface area (Å²) in [4.78, 5) is 23.8. The topological polar surface area (TPSA) is 104 Å². The quantitative estimate of drug-likeness (QED) is 0.635. The molecule has 1 atom stereocenters. The Hall–Kier alpha value is -2.58. The number of carbonyl (C=O) groups is 2. The number of benzene rings is 2. The van der Waals surface area contributed by atoms with E-state index >= 15 is 0 Å². The van der Waals surface area contributed by atoms with Crippen molar-refractivity contribution < 1.29 is 18.0 Å². The lowest BCUT2D eigenvalue weighted by Crippen LogP contribution is -2.46. The third kappa shape index (κ3) is 5.97. The predicted molar refractivity (Wildman–Crippen MR) is 110 cm³/mol. The van der Waals surface area contributed by atoms with Crippen molar-refractivity contribution in [1.29, 1.82) is 0 Å². The standard InChI is InChI=1S/C19H22ClN3O4S/c1-12(2)18(21-13(3)24)19(25)22-15-5-4-6-16(11-15)23-28(26,27)17-9-7-14(20)8-10-17/h4-12,18,23H,1-3H3,(H,21,24)(H,22,25)/t18-/m1/s1. The van der Waals surface area contributed by atoms with Crippen molar-refractivity contribution in [2.75, 3.05) is 10.0 Å². The summed E-state index contributed by atoms with van der Waals surface area (Å²) in [6, 6.07) is 11.4. The summed E-state index contributed by atoms with van der Waals surface area (Å²) in [5.41, 5.74) is 0.686. The molecule has 0 spiro atoms. The number of anilines is 2. The second kappa shape index (κ2) is 9.07. The summed E-state index contributed by atoms with van der Waals surface area (Å²) in [5, 5.41) is 5.73. The van der Waals surface area contributed by atoms with Gasteiger partial charge in [0.05, 0.1) is 10.6 Å². The molecule has 0 unspecified atom stereocenters. The van der Waals surface area contributed by atoms with Crippen LogP contribution in [0.15, 0.2) is 53.4 Å². The van der Waals surface area contributed by atoms with Gasteiger partial charge < -0.3 is 10.6 Å². The number of halogens is 1. The summed E-state index contributed by atoms with van der Waals surface area (Å²) in [6.07, 6.45) is 0. The Balaban J connectivity index is 2.16. The predicted octanol–water partition coefficient (Wildman–Crippen LogP) is 3.24. The Morgan fingerprint density at radius 3 is 2.18 bits per heavy atom. The van der Waals surface area contributed by atoms with Crippen molar-refractivity contribution >= 4 is 44.8 Å². The van der Waals surface area contributed by atoms with E-state index in [1.165, 1.54) is 37.3 Å². The number of carbonyl (C=O) groups excluding carboxylic acids is 2. The van der Waals surface area contributed by atoms with E-state index in [1.54, 1.807) is 18.2 Å². The molecule has 2 aromatic rings. The fraction of sp³-hybridized carbons (Fsp3) is 0.263. The molecule has 0 aromatic heterocycles. The van der Waals surface area contributed by atoms with Gasteiger partial charge in [-0.25, -0.2) is 8.42 Å². The Labute approximate surface area is 169 Å². The van der Waals surface area contributed by atoms with Crippen LogP contribution in [0.25, 0.3) is 0 Å². The highest BCUT2D eigenvalue weighted by atomic mass is 35.5. The van der Waals surface area contributed by atoms with Crippen molar-refractivity contribution in [1.82, 2.24) is 5.32 Å². The molecular weight excluding hydrogens is 402 g/mol. The van der Waals surface area contributed by atoms with Gasteiger partial charge in [0.2, 0.25) is 11.8 Å². The molecule has 0 saturated heterocycles. The van der Waals surface area contributed by atoms with Crippen LogP contribution in [0.5, 0.6) is 0 Å². The highest BCUT2D eigenvalue weighted by Gasteiger charge is 2.23. The minimum atomic E-state index is -3.80. The Bertz CT molecular complexity index is 959. The van der Waals surface area contributed by atoms with Crippen LogP contribution >= 0.6 is 11.6 Å². The molecule has 7 nitrogen and oxygen atoms in total. The maximum absolute atomic E-state index is 12.5. The average molecular weight is 424 g/mol. The first-order chi connectivity index (χ1) is 13.1. The summed E-state index contributed by atoms with van der Waals surface area (Å²) < 4.78 is 27.4. The first kappa shape index (κ1) is 21.7. The molecule has 3 N–H and O–H groups in total. The molecule has 2 aromatic carbocycles. The molecule has 0 aliphatic rings. The molecule has 2 amide bonds. The van der Waals surface area contributed by atoms with Crippen LogP contribution in [0.1, 0.15) is 20.8 Å². The fourth-order valence-electron chi connectivity index (χ4n) is 2.46. The minimum Gasteiger partial charge on any atom is -0.344 e. The van der Waals surface area contributed by atoms with Gasteiger partial charge in [-0.3, -0.25) is 14.3 Å². The van der Waals surface area contributed by atoms with Gasteiger partial charge >= 0.3 is 0 Å². The van der Waals surface area contributed by atoms with Crippen molar-refractivity contribution in [3.8, 4) is 0 Å². The largest absolute Gasteiger partial charge is 0.344 e. The summed E-state index contributed by atoms with van der Waals surface area (Å²) in [6.45, 7) is 4.97. The van der Waals surface area contributed by atoms with Crippen molar-refractivity contribution in [2.24, 2.45) is 5.92 Å². The minimum absolute atomic E-state index is 0.0665. The first-order valence-electron chi connectivity index (χ1n) is 8.55. The lowest BCUT2D eigenvalue weighted by molar-refractivity contribution is -0.126. The number of amides is 2. The fourth-order valence-corrected chi connectivity index (χ4v) is 3.64. The van der Waals surface area contributed by atoms with Crippen LogP contribution in [0.2, 0.25) is 5.02 Å². The lowest BCUT2D eigenvalue weighted by atomic mass is 10.0. The average Bonchev–Trinajstić information content (AvgIpc) is 2.59. The monoisotopic (exact) mass is 423 g/mol. The zero-order valence-electron chi connectivity index (χ0n) is 15.7. The molecule has 0 fully saturated rings. The Morgan fingerprint density at radius 1 is 1.00 bits per heavy atom. The Kier molecular flexibility index (Phi) is 7.04. The third-order valence-corrected chi connectivity index (χ3v) is 5.46. The first-order valence-corrected chi connectivity index (χ1v) is 10.4. The molecule has 0 saturated carbocycles. The van der Waals surface area contributed by atoms with Gasteiger partial charge in [-0.15, -0.1) is 0 Å². The molecule has 9 heteroatoms. The second-order valence-electron chi connectivity index (χ2n) is 6.55. The molecular formula is C19H22ClN3O4S. The maximum Gasteiger partial charge on any atom is 0.261 e. The van der Waals surface area contributed by atoms with E-state index in [9.17, 15) is 18.0 Å². The van der Waals surface area contributed by atoms with E-state index < -0.39 is 16.1 Å². The SMILES string of the molecule is CC(=O)N[C@@H](C(=O)Nc1cccc(NS(=O)(=O)c2ccc(Cl)cc2)c1)C(C)C. The second-order valence-corrected chi connectivity index (χ2v) is 8.67. The smallest absolute Gasteiger partial charge is 0.261 e. The summed E-state index contributed by atoms with van der Waals surface area (Å²) >= 11 is 5.79. The van der Waals surface area contributed by atoms with Crippen molar-refractivity contribution in [3.05, 3.63) is 53.6 Å². The molecule has 28 heavy (non-hydrogen) atoms. The van der Waals surface area contributed by atoms with E-state index in [0.717, 1.165) is 0 Å². The number of nitrogens with one attached hydrogen (secondary N) is 3. The van der Waals surface area contributed by atoms with Gasteiger partial charge in [-0.2, -0.15) is 0 Å². The number of hydrogen-bond acceptors (Lipinski definition) is 4. The van der Waals surface area contributed by atoms with Crippen LogP contribution in [0.4, 0.5) is 11.4 Å². The van der Waals surface area contributed by atoms with Crippen LogP contribution in [0.3, 0.4) is 0 Å². The van der Waals surface area contributed by atoms with Crippen LogP contribution in [-0.2, 0) is 19.6 Å². The van der Waals surface area contributed by atoms with E-state index in [0.29, 0.717) is 10.7 Å². The normalized spacial score (nSPS) is 12.3. The molecule has 0 bridgehead atoms. The molecule has 2 rings (SSSR count).